The Labute approximate surface area is 102 Å². The number of aromatic nitrogens is 2. The van der Waals surface area contributed by atoms with Crippen LogP contribution < -0.4 is 5.32 Å². The lowest BCUT2D eigenvalue weighted by Crippen LogP contribution is -2.10. The molecule has 90 valence electrons. The molecule has 1 aliphatic carbocycles. The van der Waals surface area contributed by atoms with Crippen LogP contribution in [0.4, 0.5) is 5.13 Å². The summed E-state index contributed by atoms with van der Waals surface area (Å²) in [7, 11) is 0. The molecule has 1 aromatic rings. The van der Waals surface area contributed by atoms with Gasteiger partial charge in [-0.3, -0.25) is 0 Å². The third-order valence-electron chi connectivity index (χ3n) is 3.07. The molecule has 0 aromatic carbocycles. The molecule has 3 nitrogen and oxygen atoms in total. The van der Waals surface area contributed by atoms with E-state index in [2.05, 4.69) is 29.4 Å². The quantitative estimate of drug-likeness (QED) is 0.856. The van der Waals surface area contributed by atoms with Crippen molar-refractivity contribution in [2.45, 2.75) is 46.0 Å². The Bertz CT molecular complexity index is 316. The van der Waals surface area contributed by atoms with Gasteiger partial charge < -0.3 is 5.32 Å². The molecule has 0 radical (unpaired) electrons. The smallest absolute Gasteiger partial charge is 0.205 e. The maximum Gasteiger partial charge on any atom is 0.205 e. The fraction of sp³-hybridized carbons (Fsp3) is 0.833. The van der Waals surface area contributed by atoms with Crippen molar-refractivity contribution in [1.82, 2.24) is 10.2 Å². The molecular formula is C12H21N3S. The summed E-state index contributed by atoms with van der Waals surface area (Å²) in [4.78, 5) is 0. The maximum absolute atomic E-state index is 4.21. The van der Waals surface area contributed by atoms with E-state index in [-0.39, 0.29) is 0 Å². The van der Waals surface area contributed by atoms with Gasteiger partial charge in [0.25, 0.3) is 0 Å². The highest BCUT2D eigenvalue weighted by molar-refractivity contribution is 7.15. The number of hydrogen-bond acceptors (Lipinski definition) is 4. The highest BCUT2D eigenvalue weighted by atomic mass is 32.1. The molecule has 0 atom stereocenters. The third kappa shape index (κ3) is 3.44. The summed E-state index contributed by atoms with van der Waals surface area (Å²) in [6, 6.07) is 0. The highest BCUT2D eigenvalue weighted by Crippen LogP contribution is 2.25. The maximum atomic E-state index is 4.21. The summed E-state index contributed by atoms with van der Waals surface area (Å²) < 4.78 is 0. The summed E-state index contributed by atoms with van der Waals surface area (Å²) in [5.41, 5.74) is 0. The van der Waals surface area contributed by atoms with Crippen molar-refractivity contribution in [3.63, 3.8) is 0 Å². The lowest BCUT2D eigenvalue weighted by atomic mass is 10.1. The second-order valence-electron chi connectivity index (χ2n) is 5.13. The Morgan fingerprint density at radius 1 is 1.31 bits per heavy atom. The lowest BCUT2D eigenvalue weighted by Gasteiger charge is -2.08. The SMILES string of the molecule is CC(C)Cc1nnc(NCC2CCCC2)s1. The molecule has 16 heavy (non-hydrogen) atoms. The first-order chi connectivity index (χ1) is 7.74. The Morgan fingerprint density at radius 2 is 2.06 bits per heavy atom. The fourth-order valence-electron chi connectivity index (χ4n) is 2.20. The Hall–Kier alpha value is -0.640. The van der Waals surface area contributed by atoms with Crippen LogP contribution in [0.1, 0.15) is 44.5 Å². The van der Waals surface area contributed by atoms with Gasteiger partial charge in [0.1, 0.15) is 5.01 Å². The van der Waals surface area contributed by atoms with Crippen LogP contribution >= 0.6 is 11.3 Å². The average Bonchev–Trinajstić information content (AvgIpc) is 2.84. The molecule has 1 N–H and O–H groups in total. The van der Waals surface area contributed by atoms with Crippen molar-refractivity contribution in [1.29, 1.82) is 0 Å². The second-order valence-corrected chi connectivity index (χ2v) is 6.19. The molecule has 0 saturated heterocycles. The zero-order chi connectivity index (χ0) is 11.4. The lowest BCUT2D eigenvalue weighted by molar-refractivity contribution is 0.579. The van der Waals surface area contributed by atoms with Gasteiger partial charge in [-0.15, -0.1) is 10.2 Å². The Kier molecular flexibility index (Phi) is 4.16. The number of rotatable bonds is 5. The molecule has 1 aliphatic rings. The summed E-state index contributed by atoms with van der Waals surface area (Å²) >= 11 is 1.71. The summed E-state index contributed by atoms with van der Waals surface area (Å²) in [5, 5.41) is 14.0. The molecule has 4 heteroatoms. The second kappa shape index (κ2) is 5.62. The average molecular weight is 239 g/mol. The minimum atomic E-state index is 0.663. The third-order valence-corrected chi connectivity index (χ3v) is 3.97. The molecule has 0 unspecified atom stereocenters. The normalized spacial score (nSPS) is 17.2. The molecular weight excluding hydrogens is 218 g/mol. The first-order valence-corrected chi connectivity index (χ1v) is 7.12. The van der Waals surface area contributed by atoms with Crippen LogP contribution in [0.5, 0.6) is 0 Å². The number of hydrogen-bond donors (Lipinski definition) is 1. The van der Waals surface area contributed by atoms with Crippen LogP contribution in [0, 0.1) is 11.8 Å². The molecule has 1 fully saturated rings. The molecule has 1 aromatic heterocycles. The molecule has 0 aliphatic heterocycles. The molecule has 2 rings (SSSR count). The van der Waals surface area contributed by atoms with Gasteiger partial charge in [-0.2, -0.15) is 0 Å². The van der Waals surface area contributed by atoms with E-state index in [0.29, 0.717) is 5.92 Å². The zero-order valence-electron chi connectivity index (χ0n) is 10.2. The van der Waals surface area contributed by atoms with Gasteiger partial charge in [-0.05, 0) is 24.7 Å². The largest absolute Gasteiger partial charge is 0.360 e. The predicted octanol–water partition coefficient (Wildman–Crippen LogP) is 3.34. The van der Waals surface area contributed by atoms with E-state index in [9.17, 15) is 0 Å². The first-order valence-electron chi connectivity index (χ1n) is 6.30. The van der Waals surface area contributed by atoms with Gasteiger partial charge in [0.05, 0.1) is 0 Å². The Morgan fingerprint density at radius 3 is 2.75 bits per heavy atom. The topological polar surface area (TPSA) is 37.8 Å². The monoisotopic (exact) mass is 239 g/mol. The molecule has 0 amide bonds. The summed E-state index contributed by atoms with van der Waals surface area (Å²) in [6.07, 6.45) is 6.61. The minimum Gasteiger partial charge on any atom is -0.360 e. The van der Waals surface area contributed by atoms with E-state index < -0.39 is 0 Å². The number of anilines is 1. The van der Waals surface area contributed by atoms with Crippen molar-refractivity contribution in [3.8, 4) is 0 Å². The Balaban J connectivity index is 1.78. The van der Waals surface area contributed by atoms with Crippen LogP contribution in [0.25, 0.3) is 0 Å². The van der Waals surface area contributed by atoms with Crippen molar-refractivity contribution >= 4 is 16.5 Å². The van der Waals surface area contributed by atoms with E-state index >= 15 is 0 Å². The summed E-state index contributed by atoms with van der Waals surface area (Å²) in [6.45, 7) is 5.51. The predicted molar refractivity (Wildman–Crippen MR) is 68.9 cm³/mol. The van der Waals surface area contributed by atoms with Gasteiger partial charge >= 0.3 is 0 Å². The van der Waals surface area contributed by atoms with Crippen molar-refractivity contribution in [2.24, 2.45) is 11.8 Å². The van der Waals surface area contributed by atoms with Gasteiger partial charge in [-0.25, -0.2) is 0 Å². The van der Waals surface area contributed by atoms with Crippen LogP contribution in [0.15, 0.2) is 0 Å². The standard InChI is InChI=1S/C12H21N3S/c1-9(2)7-11-14-15-12(16-11)13-8-10-5-3-4-6-10/h9-10H,3-8H2,1-2H3,(H,13,15). The first kappa shape index (κ1) is 11.8. The van der Waals surface area contributed by atoms with Crippen molar-refractivity contribution in [3.05, 3.63) is 5.01 Å². The molecule has 0 bridgehead atoms. The van der Waals surface area contributed by atoms with Gasteiger partial charge in [0.15, 0.2) is 0 Å². The number of nitrogens with one attached hydrogen (secondary N) is 1. The van der Waals surface area contributed by atoms with Gasteiger partial charge in [0.2, 0.25) is 5.13 Å². The van der Waals surface area contributed by atoms with Crippen LogP contribution in [-0.4, -0.2) is 16.7 Å². The van der Waals surface area contributed by atoms with E-state index in [1.807, 2.05) is 0 Å². The molecule has 1 saturated carbocycles. The van der Waals surface area contributed by atoms with E-state index in [0.717, 1.165) is 29.0 Å². The van der Waals surface area contributed by atoms with Crippen molar-refractivity contribution in [2.75, 3.05) is 11.9 Å². The summed E-state index contributed by atoms with van der Waals surface area (Å²) in [5.74, 6) is 1.52. The number of nitrogens with zero attached hydrogens (tertiary/aromatic N) is 2. The van der Waals surface area contributed by atoms with Crippen LogP contribution in [0.3, 0.4) is 0 Å². The van der Waals surface area contributed by atoms with Gasteiger partial charge in [-0.1, -0.05) is 38.0 Å². The van der Waals surface area contributed by atoms with Crippen LogP contribution in [0.2, 0.25) is 0 Å². The fourth-order valence-corrected chi connectivity index (χ4v) is 3.16. The van der Waals surface area contributed by atoms with Crippen LogP contribution in [-0.2, 0) is 6.42 Å². The van der Waals surface area contributed by atoms with E-state index in [1.54, 1.807) is 11.3 Å². The zero-order valence-corrected chi connectivity index (χ0v) is 11.0. The highest BCUT2D eigenvalue weighted by Gasteiger charge is 2.15. The van der Waals surface area contributed by atoms with E-state index in [4.69, 9.17) is 0 Å². The van der Waals surface area contributed by atoms with Crippen molar-refractivity contribution < 1.29 is 0 Å². The minimum absolute atomic E-state index is 0.663. The molecule has 0 spiro atoms. The molecule has 1 heterocycles. The van der Waals surface area contributed by atoms with E-state index in [1.165, 1.54) is 25.7 Å². The van der Waals surface area contributed by atoms with Gasteiger partial charge in [0, 0.05) is 13.0 Å².